The Morgan fingerprint density at radius 1 is 1.16 bits per heavy atom. The Labute approximate surface area is 187 Å². The highest BCUT2D eigenvalue weighted by Crippen LogP contribution is 2.39. The van der Waals surface area contributed by atoms with Crippen molar-refractivity contribution in [1.82, 2.24) is 15.1 Å². The first-order valence-corrected chi connectivity index (χ1v) is 11.0. The molecule has 0 atom stereocenters. The molecule has 1 saturated carbocycles. The minimum atomic E-state index is -0.297. The highest BCUT2D eigenvalue weighted by atomic mass is 16.3. The van der Waals surface area contributed by atoms with Crippen molar-refractivity contribution in [2.24, 2.45) is 0 Å². The summed E-state index contributed by atoms with van der Waals surface area (Å²) < 4.78 is 1.42. The first-order chi connectivity index (χ1) is 15.4. The van der Waals surface area contributed by atoms with Crippen molar-refractivity contribution in [1.29, 1.82) is 0 Å². The van der Waals surface area contributed by atoms with E-state index in [1.807, 2.05) is 37.3 Å². The van der Waals surface area contributed by atoms with Gasteiger partial charge in [-0.3, -0.25) is 4.79 Å². The highest BCUT2D eigenvalue weighted by molar-refractivity contribution is 5.91. The van der Waals surface area contributed by atoms with Crippen LogP contribution in [0.15, 0.2) is 48.5 Å². The van der Waals surface area contributed by atoms with Gasteiger partial charge in [0.2, 0.25) is 5.91 Å². The molecule has 0 aliphatic heterocycles. The van der Waals surface area contributed by atoms with Gasteiger partial charge in [-0.05, 0) is 49.6 Å². The maximum Gasteiger partial charge on any atom is 0.342 e. The van der Waals surface area contributed by atoms with Crippen molar-refractivity contribution >= 4 is 17.6 Å². The quantitative estimate of drug-likeness (QED) is 0.481. The summed E-state index contributed by atoms with van der Waals surface area (Å²) >= 11 is 0. The van der Waals surface area contributed by atoms with Gasteiger partial charge in [0.1, 0.15) is 5.75 Å². The number of nitrogens with one attached hydrogen (secondary N) is 2. The van der Waals surface area contributed by atoms with E-state index in [9.17, 15) is 14.7 Å². The molecule has 166 valence electrons. The van der Waals surface area contributed by atoms with Crippen molar-refractivity contribution in [3.8, 4) is 17.0 Å². The normalized spacial score (nSPS) is 13.4. The van der Waals surface area contributed by atoms with E-state index in [0.717, 1.165) is 36.1 Å². The van der Waals surface area contributed by atoms with Gasteiger partial charge in [-0.1, -0.05) is 43.2 Å². The second-order valence-corrected chi connectivity index (χ2v) is 8.28. The van der Waals surface area contributed by atoms with Gasteiger partial charge < -0.3 is 15.7 Å². The molecule has 4 rings (SSSR count). The molecule has 1 aromatic heterocycles. The first-order valence-electron chi connectivity index (χ1n) is 11.0. The third-order valence-corrected chi connectivity index (χ3v) is 5.86. The predicted molar refractivity (Wildman–Crippen MR) is 124 cm³/mol. The van der Waals surface area contributed by atoms with E-state index < -0.39 is 0 Å². The average molecular weight is 433 g/mol. The lowest BCUT2D eigenvalue weighted by atomic mass is 9.82. The molecule has 0 spiro atoms. The lowest BCUT2D eigenvalue weighted by Gasteiger charge is -2.25. The van der Waals surface area contributed by atoms with Crippen LogP contribution in [0, 0.1) is 6.92 Å². The number of aryl methyl sites for hydroxylation is 1. The Kier molecular flexibility index (Phi) is 6.25. The van der Waals surface area contributed by atoms with Crippen LogP contribution in [0.25, 0.3) is 11.3 Å². The molecule has 1 heterocycles. The smallest absolute Gasteiger partial charge is 0.342 e. The zero-order chi connectivity index (χ0) is 22.7. The molecule has 2 amide bonds. The van der Waals surface area contributed by atoms with Crippen LogP contribution in [0.2, 0.25) is 0 Å². The van der Waals surface area contributed by atoms with Crippen LogP contribution in [0.3, 0.4) is 0 Å². The van der Waals surface area contributed by atoms with Crippen LogP contribution in [0.5, 0.6) is 5.75 Å². The topological polar surface area (TPSA) is 96.2 Å². The average Bonchev–Trinajstić information content (AvgIpc) is 3.16. The number of phenols is 1. The SMILES string of the molecule is CCC(=O)Nc1ccc(O)c(-c2cc(C3CCC3)n(C(=O)NCc3cccc(C)c3)n2)c1. The fraction of sp³-hybridized carbons (Fsp3) is 0.320. The molecular weight excluding hydrogens is 404 g/mol. The Balaban J connectivity index is 1.62. The number of amides is 2. The molecule has 2 aromatic carbocycles. The summed E-state index contributed by atoms with van der Waals surface area (Å²) in [6, 6.07) is 14.4. The molecule has 1 aliphatic rings. The van der Waals surface area contributed by atoms with E-state index >= 15 is 0 Å². The maximum atomic E-state index is 13.0. The molecule has 3 N–H and O–H groups in total. The second kappa shape index (κ2) is 9.26. The fourth-order valence-corrected chi connectivity index (χ4v) is 3.83. The molecule has 32 heavy (non-hydrogen) atoms. The number of aromatic nitrogens is 2. The standard InChI is InChI=1S/C25H28N4O3/c1-3-24(31)27-19-10-11-23(30)20(13-19)21-14-22(18-8-5-9-18)29(28-21)25(32)26-15-17-7-4-6-16(2)12-17/h4,6-7,10-14,18,30H,3,5,8-9,15H2,1-2H3,(H,26,32)(H,27,31). The lowest BCUT2D eigenvalue weighted by Crippen LogP contribution is -2.31. The number of benzene rings is 2. The maximum absolute atomic E-state index is 13.0. The largest absolute Gasteiger partial charge is 0.507 e. The van der Waals surface area contributed by atoms with Gasteiger partial charge in [-0.15, -0.1) is 0 Å². The minimum Gasteiger partial charge on any atom is -0.507 e. The number of nitrogens with zero attached hydrogens (tertiary/aromatic N) is 2. The number of rotatable bonds is 6. The van der Waals surface area contributed by atoms with Crippen LogP contribution in [-0.2, 0) is 11.3 Å². The predicted octanol–water partition coefficient (Wildman–Crippen LogP) is 4.94. The first kappa shape index (κ1) is 21.6. The third kappa shape index (κ3) is 4.66. The molecule has 0 radical (unpaired) electrons. The van der Waals surface area contributed by atoms with Gasteiger partial charge in [0, 0.05) is 30.1 Å². The van der Waals surface area contributed by atoms with Gasteiger partial charge in [0.25, 0.3) is 0 Å². The summed E-state index contributed by atoms with van der Waals surface area (Å²) in [6.45, 7) is 4.20. The number of aromatic hydroxyl groups is 1. The van der Waals surface area contributed by atoms with Crippen LogP contribution >= 0.6 is 0 Å². The van der Waals surface area contributed by atoms with E-state index in [0.29, 0.717) is 29.9 Å². The second-order valence-electron chi connectivity index (χ2n) is 8.28. The van der Waals surface area contributed by atoms with Crippen LogP contribution < -0.4 is 10.6 Å². The zero-order valence-corrected chi connectivity index (χ0v) is 18.4. The Hall–Kier alpha value is -3.61. The van der Waals surface area contributed by atoms with Crippen molar-refractivity contribution < 1.29 is 14.7 Å². The van der Waals surface area contributed by atoms with Crippen LogP contribution in [0.4, 0.5) is 10.5 Å². The van der Waals surface area contributed by atoms with Crippen LogP contribution in [-0.4, -0.2) is 26.8 Å². The molecule has 1 aliphatic carbocycles. The molecule has 0 unspecified atom stereocenters. The van der Waals surface area contributed by atoms with Crippen molar-refractivity contribution in [3.05, 3.63) is 65.4 Å². The summed E-state index contributed by atoms with van der Waals surface area (Å²) in [4.78, 5) is 24.8. The molecule has 1 fully saturated rings. The number of phenolic OH excluding ortho intramolecular Hbond substituents is 1. The molecular formula is C25H28N4O3. The third-order valence-electron chi connectivity index (χ3n) is 5.86. The van der Waals surface area contributed by atoms with Gasteiger partial charge in [0.15, 0.2) is 0 Å². The summed E-state index contributed by atoms with van der Waals surface area (Å²) in [5.41, 5.74) is 4.56. The number of hydrogen-bond donors (Lipinski definition) is 3. The number of hydrogen-bond acceptors (Lipinski definition) is 4. The Bertz CT molecular complexity index is 1150. The van der Waals surface area contributed by atoms with E-state index in [1.54, 1.807) is 19.1 Å². The van der Waals surface area contributed by atoms with Crippen molar-refractivity contribution in [2.75, 3.05) is 5.32 Å². The molecule has 0 saturated heterocycles. The Morgan fingerprint density at radius 2 is 1.97 bits per heavy atom. The lowest BCUT2D eigenvalue weighted by molar-refractivity contribution is -0.115. The molecule has 3 aromatic rings. The van der Waals surface area contributed by atoms with Gasteiger partial charge in [-0.25, -0.2) is 4.79 Å². The molecule has 0 bridgehead atoms. The molecule has 7 heteroatoms. The van der Waals surface area contributed by atoms with Gasteiger partial charge in [0.05, 0.1) is 11.4 Å². The minimum absolute atomic E-state index is 0.0458. The van der Waals surface area contributed by atoms with E-state index in [1.165, 1.54) is 10.7 Å². The number of carbonyl (C=O) groups is 2. The Morgan fingerprint density at radius 3 is 2.66 bits per heavy atom. The fourth-order valence-electron chi connectivity index (χ4n) is 3.83. The van der Waals surface area contributed by atoms with Gasteiger partial charge in [-0.2, -0.15) is 9.78 Å². The van der Waals surface area contributed by atoms with Crippen molar-refractivity contribution in [2.45, 2.75) is 52.0 Å². The van der Waals surface area contributed by atoms with E-state index in [4.69, 9.17) is 0 Å². The molecule has 7 nitrogen and oxygen atoms in total. The van der Waals surface area contributed by atoms with Gasteiger partial charge >= 0.3 is 6.03 Å². The highest BCUT2D eigenvalue weighted by Gasteiger charge is 2.27. The summed E-state index contributed by atoms with van der Waals surface area (Å²) in [5.74, 6) is 0.202. The monoisotopic (exact) mass is 432 g/mol. The number of anilines is 1. The van der Waals surface area contributed by atoms with E-state index in [2.05, 4.69) is 15.7 Å². The number of carbonyl (C=O) groups excluding carboxylic acids is 2. The van der Waals surface area contributed by atoms with Crippen molar-refractivity contribution in [3.63, 3.8) is 0 Å². The zero-order valence-electron chi connectivity index (χ0n) is 18.4. The summed E-state index contributed by atoms with van der Waals surface area (Å²) in [5, 5.41) is 20.7. The summed E-state index contributed by atoms with van der Waals surface area (Å²) in [7, 11) is 0. The van der Waals surface area contributed by atoms with Crippen LogP contribution in [0.1, 0.15) is 55.3 Å². The van der Waals surface area contributed by atoms with E-state index in [-0.39, 0.29) is 23.6 Å². The summed E-state index contributed by atoms with van der Waals surface area (Å²) in [6.07, 6.45) is 3.50.